The predicted octanol–water partition coefficient (Wildman–Crippen LogP) is 2.61. The van der Waals surface area contributed by atoms with E-state index in [0.717, 1.165) is 12.8 Å². The van der Waals surface area contributed by atoms with E-state index < -0.39 is 10.0 Å². The number of amides is 1. The molecule has 1 fully saturated rings. The first-order chi connectivity index (χ1) is 15.0. The molecule has 0 saturated carbocycles. The summed E-state index contributed by atoms with van der Waals surface area (Å²) in [4.78, 5) is 14.5. The van der Waals surface area contributed by atoms with Crippen molar-refractivity contribution in [1.82, 2.24) is 9.62 Å². The van der Waals surface area contributed by atoms with E-state index in [1.807, 2.05) is 25.1 Å². The number of hydrogen-bond donors (Lipinski definition) is 1. The molecule has 0 radical (unpaired) electrons. The lowest BCUT2D eigenvalue weighted by Crippen LogP contribution is -2.46. The maximum atomic E-state index is 12.6. The molecule has 0 aliphatic carbocycles. The van der Waals surface area contributed by atoms with Crippen molar-refractivity contribution < 1.29 is 22.7 Å². The zero-order chi connectivity index (χ0) is 22.1. The first kappa shape index (κ1) is 23.2. The van der Waals surface area contributed by atoms with Crippen LogP contribution in [0.5, 0.6) is 5.75 Å². The number of carbonyl (C=O) groups is 1. The van der Waals surface area contributed by atoms with Crippen LogP contribution in [0.1, 0.15) is 25.3 Å². The van der Waals surface area contributed by atoms with Gasteiger partial charge < -0.3 is 14.4 Å². The van der Waals surface area contributed by atoms with E-state index in [9.17, 15) is 13.2 Å². The van der Waals surface area contributed by atoms with Crippen molar-refractivity contribution >= 4 is 15.9 Å². The van der Waals surface area contributed by atoms with Crippen LogP contribution in [0, 0.1) is 0 Å². The van der Waals surface area contributed by atoms with Gasteiger partial charge in [-0.05, 0) is 49.6 Å². The molecule has 1 amide bonds. The van der Waals surface area contributed by atoms with Crippen LogP contribution >= 0.6 is 0 Å². The minimum absolute atomic E-state index is 0.00143. The number of sulfonamides is 1. The Morgan fingerprint density at radius 1 is 1.16 bits per heavy atom. The van der Waals surface area contributed by atoms with Crippen molar-refractivity contribution in [3.8, 4) is 5.75 Å². The minimum Gasteiger partial charge on any atom is -0.494 e. The van der Waals surface area contributed by atoms with Gasteiger partial charge in [0.05, 0.1) is 24.2 Å². The van der Waals surface area contributed by atoms with Gasteiger partial charge in [0.1, 0.15) is 5.75 Å². The zero-order valence-corrected chi connectivity index (χ0v) is 18.6. The van der Waals surface area contributed by atoms with Gasteiger partial charge in [0.15, 0.2) is 0 Å². The van der Waals surface area contributed by atoms with Crippen LogP contribution < -0.4 is 9.46 Å². The van der Waals surface area contributed by atoms with E-state index in [4.69, 9.17) is 9.47 Å². The SMILES string of the molecule is CCOc1ccc(S(=O)(=O)NCCC(=O)N2CCO[C@H](CCc3ccccc3)C2)cc1. The van der Waals surface area contributed by atoms with Gasteiger partial charge in [-0.1, -0.05) is 30.3 Å². The van der Waals surface area contributed by atoms with Crippen molar-refractivity contribution in [1.29, 1.82) is 0 Å². The molecule has 31 heavy (non-hydrogen) atoms. The fourth-order valence-corrected chi connectivity index (χ4v) is 4.54. The monoisotopic (exact) mass is 446 g/mol. The van der Waals surface area contributed by atoms with Gasteiger partial charge in [-0.3, -0.25) is 4.79 Å². The summed E-state index contributed by atoms with van der Waals surface area (Å²) >= 11 is 0. The Morgan fingerprint density at radius 3 is 2.61 bits per heavy atom. The minimum atomic E-state index is -3.67. The van der Waals surface area contributed by atoms with Crippen molar-refractivity contribution in [3.63, 3.8) is 0 Å². The Labute approximate surface area is 184 Å². The predicted molar refractivity (Wildman–Crippen MR) is 118 cm³/mol. The second-order valence-electron chi connectivity index (χ2n) is 7.41. The molecular weight excluding hydrogens is 416 g/mol. The summed E-state index contributed by atoms with van der Waals surface area (Å²) in [6.45, 7) is 4.01. The Hall–Kier alpha value is -2.42. The molecule has 1 heterocycles. The van der Waals surface area contributed by atoms with Crippen LogP contribution in [0.25, 0.3) is 0 Å². The number of nitrogens with zero attached hydrogens (tertiary/aromatic N) is 1. The van der Waals surface area contributed by atoms with Crippen LogP contribution in [-0.4, -0.2) is 58.2 Å². The molecule has 1 aliphatic rings. The van der Waals surface area contributed by atoms with Crippen LogP contribution in [0.3, 0.4) is 0 Å². The molecule has 0 spiro atoms. The molecule has 0 aromatic heterocycles. The van der Waals surface area contributed by atoms with Crippen molar-refractivity contribution in [2.45, 2.75) is 37.2 Å². The van der Waals surface area contributed by atoms with E-state index >= 15 is 0 Å². The topological polar surface area (TPSA) is 84.9 Å². The largest absolute Gasteiger partial charge is 0.494 e. The maximum Gasteiger partial charge on any atom is 0.240 e. The molecule has 8 heteroatoms. The van der Waals surface area contributed by atoms with E-state index in [0.29, 0.717) is 32.1 Å². The molecule has 3 rings (SSSR count). The van der Waals surface area contributed by atoms with Gasteiger partial charge in [-0.2, -0.15) is 0 Å². The summed E-state index contributed by atoms with van der Waals surface area (Å²) in [5, 5.41) is 0. The summed E-state index contributed by atoms with van der Waals surface area (Å²) in [5.41, 5.74) is 1.25. The molecule has 168 valence electrons. The number of aryl methyl sites for hydroxylation is 1. The maximum absolute atomic E-state index is 12.6. The molecule has 1 saturated heterocycles. The number of hydrogen-bond acceptors (Lipinski definition) is 5. The summed E-state index contributed by atoms with van der Waals surface area (Å²) < 4.78 is 38.5. The van der Waals surface area contributed by atoms with Gasteiger partial charge in [0, 0.05) is 26.1 Å². The van der Waals surface area contributed by atoms with E-state index in [1.165, 1.54) is 17.7 Å². The number of morpholine rings is 1. The number of carbonyl (C=O) groups excluding carboxylic acids is 1. The van der Waals surface area contributed by atoms with Gasteiger partial charge in [0.2, 0.25) is 15.9 Å². The molecular formula is C23H30N2O5S. The molecule has 0 unspecified atom stereocenters. The van der Waals surface area contributed by atoms with Crippen molar-refractivity contribution in [2.75, 3.05) is 32.8 Å². The molecule has 2 aromatic rings. The highest BCUT2D eigenvalue weighted by atomic mass is 32.2. The van der Waals surface area contributed by atoms with Gasteiger partial charge in [-0.25, -0.2) is 13.1 Å². The van der Waals surface area contributed by atoms with Crippen molar-refractivity contribution in [2.24, 2.45) is 0 Å². The number of benzene rings is 2. The summed E-state index contributed by atoms with van der Waals surface area (Å²) in [6, 6.07) is 16.4. The molecule has 0 bridgehead atoms. The molecule has 1 aliphatic heterocycles. The normalized spacial score (nSPS) is 16.8. The lowest BCUT2D eigenvalue weighted by atomic mass is 10.1. The molecule has 7 nitrogen and oxygen atoms in total. The average Bonchev–Trinajstić information content (AvgIpc) is 2.79. The van der Waals surface area contributed by atoms with Gasteiger partial charge >= 0.3 is 0 Å². The lowest BCUT2D eigenvalue weighted by Gasteiger charge is -2.33. The molecule has 2 aromatic carbocycles. The first-order valence-electron chi connectivity index (χ1n) is 10.6. The third kappa shape index (κ3) is 7.05. The highest BCUT2D eigenvalue weighted by Crippen LogP contribution is 2.16. The van der Waals surface area contributed by atoms with Gasteiger partial charge in [0.25, 0.3) is 0 Å². The number of ether oxygens (including phenoxy) is 2. The van der Waals surface area contributed by atoms with Crippen molar-refractivity contribution in [3.05, 3.63) is 60.2 Å². The third-order valence-corrected chi connectivity index (χ3v) is 6.64. The first-order valence-corrected chi connectivity index (χ1v) is 12.1. The van der Waals surface area contributed by atoms with Crippen LogP contribution in [-0.2, 0) is 26.0 Å². The third-order valence-electron chi connectivity index (χ3n) is 5.17. The lowest BCUT2D eigenvalue weighted by molar-refractivity contribution is -0.138. The summed E-state index contributed by atoms with van der Waals surface area (Å²) in [7, 11) is -3.67. The highest BCUT2D eigenvalue weighted by molar-refractivity contribution is 7.89. The summed E-state index contributed by atoms with van der Waals surface area (Å²) in [6.07, 6.45) is 1.85. The number of nitrogens with one attached hydrogen (secondary N) is 1. The molecule has 1 atom stereocenters. The van der Waals surface area contributed by atoms with Crippen LogP contribution in [0.4, 0.5) is 0 Å². The Balaban J connectivity index is 1.44. The highest BCUT2D eigenvalue weighted by Gasteiger charge is 2.24. The number of rotatable bonds is 10. The average molecular weight is 447 g/mol. The van der Waals surface area contributed by atoms with Crippen LogP contribution in [0.2, 0.25) is 0 Å². The Morgan fingerprint density at radius 2 is 1.90 bits per heavy atom. The second kappa shape index (κ2) is 11.3. The fraction of sp³-hybridized carbons (Fsp3) is 0.435. The fourth-order valence-electron chi connectivity index (χ4n) is 3.51. The Kier molecular flexibility index (Phi) is 8.45. The second-order valence-corrected chi connectivity index (χ2v) is 9.18. The molecule has 1 N–H and O–H groups in total. The van der Waals surface area contributed by atoms with Crippen LogP contribution in [0.15, 0.2) is 59.5 Å². The zero-order valence-electron chi connectivity index (χ0n) is 17.8. The smallest absolute Gasteiger partial charge is 0.240 e. The quantitative estimate of drug-likeness (QED) is 0.606. The van der Waals surface area contributed by atoms with E-state index in [2.05, 4.69) is 16.9 Å². The van der Waals surface area contributed by atoms with E-state index in [-0.39, 0.29) is 29.9 Å². The summed E-state index contributed by atoms with van der Waals surface area (Å²) in [5.74, 6) is 0.549. The standard InChI is InChI=1S/C23H30N2O5S/c1-2-29-20-10-12-22(13-11-20)31(27,28)24-15-14-23(26)25-16-17-30-21(18-25)9-8-19-6-4-3-5-7-19/h3-7,10-13,21,24H,2,8-9,14-18H2,1H3/t21-/m1/s1. The van der Waals surface area contributed by atoms with E-state index in [1.54, 1.807) is 17.0 Å². The Bertz CT molecular complexity index is 932. The van der Waals surface area contributed by atoms with Gasteiger partial charge in [-0.15, -0.1) is 0 Å².